The standard InChI is InChI=1S/C19H23FN2O5S/c1-13(14-5-7-15(20)8-6-14)21-19(23)12-22(2)28(24,25)16-9-10-17(26-3)18(11-16)27-4/h5-11,13H,12H2,1-4H3,(H,21,23). The van der Waals surface area contributed by atoms with E-state index in [4.69, 9.17) is 9.47 Å². The molecule has 9 heteroatoms. The Hall–Kier alpha value is -2.65. The highest BCUT2D eigenvalue weighted by Gasteiger charge is 2.25. The van der Waals surface area contributed by atoms with E-state index in [0.717, 1.165) is 4.31 Å². The third-order valence-corrected chi connectivity index (χ3v) is 5.98. The summed E-state index contributed by atoms with van der Waals surface area (Å²) in [6.45, 7) is 1.36. The fourth-order valence-corrected chi connectivity index (χ4v) is 3.71. The van der Waals surface area contributed by atoms with Gasteiger partial charge in [-0.1, -0.05) is 12.1 Å². The van der Waals surface area contributed by atoms with Crippen LogP contribution in [0, 0.1) is 5.82 Å². The van der Waals surface area contributed by atoms with Crippen LogP contribution in [0.2, 0.25) is 0 Å². The lowest BCUT2D eigenvalue weighted by atomic mass is 10.1. The topological polar surface area (TPSA) is 84.9 Å². The Morgan fingerprint density at radius 2 is 1.71 bits per heavy atom. The number of likely N-dealkylation sites (N-methyl/N-ethyl adjacent to an activating group) is 1. The van der Waals surface area contributed by atoms with Crippen molar-refractivity contribution in [2.45, 2.75) is 17.9 Å². The number of amides is 1. The number of ether oxygens (including phenoxy) is 2. The molecule has 2 aromatic rings. The molecule has 28 heavy (non-hydrogen) atoms. The van der Waals surface area contributed by atoms with Gasteiger partial charge in [-0.05, 0) is 36.8 Å². The fourth-order valence-electron chi connectivity index (χ4n) is 2.57. The maximum Gasteiger partial charge on any atom is 0.243 e. The summed E-state index contributed by atoms with van der Waals surface area (Å²) in [4.78, 5) is 12.2. The van der Waals surface area contributed by atoms with Crippen LogP contribution in [0.25, 0.3) is 0 Å². The molecular formula is C19H23FN2O5S. The first-order valence-electron chi connectivity index (χ1n) is 8.42. The fraction of sp³-hybridized carbons (Fsp3) is 0.316. The van der Waals surface area contributed by atoms with E-state index in [9.17, 15) is 17.6 Å². The molecule has 2 aromatic carbocycles. The average molecular weight is 410 g/mol. The van der Waals surface area contributed by atoms with Crippen LogP contribution in [0.3, 0.4) is 0 Å². The van der Waals surface area contributed by atoms with Gasteiger partial charge in [0, 0.05) is 13.1 Å². The molecule has 0 bridgehead atoms. The number of carbonyl (C=O) groups is 1. The summed E-state index contributed by atoms with van der Waals surface area (Å²) in [5, 5.41) is 2.70. The summed E-state index contributed by atoms with van der Waals surface area (Å²) in [6, 6.07) is 9.52. The third-order valence-electron chi connectivity index (χ3n) is 4.18. The molecule has 0 aliphatic carbocycles. The Morgan fingerprint density at radius 1 is 1.11 bits per heavy atom. The second kappa shape index (κ2) is 9.03. The van der Waals surface area contributed by atoms with Gasteiger partial charge in [-0.2, -0.15) is 4.31 Å². The Balaban J connectivity index is 2.08. The number of nitrogens with zero attached hydrogens (tertiary/aromatic N) is 1. The summed E-state index contributed by atoms with van der Waals surface area (Å²) in [7, 11) is 0.258. The van der Waals surface area contributed by atoms with E-state index in [1.165, 1.54) is 51.6 Å². The smallest absolute Gasteiger partial charge is 0.243 e. The van der Waals surface area contributed by atoms with Gasteiger partial charge < -0.3 is 14.8 Å². The molecule has 152 valence electrons. The van der Waals surface area contributed by atoms with Gasteiger partial charge >= 0.3 is 0 Å². The highest BCUT2D eigenvalue weighted by atomic mass is 32.2. The number of rotatable bonds is 8. The highest BCUT2D eigenvalue weighted by Crippen LogP contribution is 2.30. The molecule has 0 radical (unpaired) electrons. The zero-order valence-corrected chi connectivity index (χ0v) is 16.9. The molecule has 0 saturated carbocycles. The van der Waals surface area contributed by atoms with Crippen LogP contribution in [0.4, 0.5) is 4.39 Å². The Morgan fingerprint density at radius 3 is 2.29 bits per heavy atom. The van der Waals surface area contributed by atoms with Crippen molar-refractivity contribution in [3.05, 3.63) is 53.8 Å². The molecule has 0 aliphatic rings. The van der Waals surface area contributed by atoms with Crippen LogP contribution >= 0.6 is 0 Å². The average Bonchev–Trinajstić information content (AvgIpc) is 2.67. The van der Waals surface area contributed by atoms with Crippen molar-refractivity contribution in [2.75, 3.05) is 27.8 Å². The van der Waals surface area contributed by atoms with E-state index in [-0.39, 0.29) is 23.0 Å². The van der Waals surface area contributed by atoms with Crippen molar-refractivity contribution in [3.8, 4) is 11.5 Å². The van der Waals surface area contributed by atoms with Crippen molar-refractivity contribution in [1.29, 1.82) is 0 Å². The molecule has 1 atom stereocenters. The molecule has 0 spiro atoms. The SMILES string of the molecule is COc1ccc(S(=O)(=O)N(C)CC(=O)NC(C)c2ccc(F)cc2)cc1OC. The molecule has 2 rings (SSSR count). The minimum absolute atomic E-state index is 0.0213. The molecule has 1 unspecified atom stereocenters. The number of hydrogen-bond donors (Lipinski definition) is 1. The summed E-state index contributed by atoms with van der Waals surface area (Å²) in [5.41, 5.74) is 0.708. The molecule has 7 nitrogen and oxygen atoms in total. The van der Waals surface area contributed by atoms with Gasteiger partial charge in [0.1, 0.15) is 5.82 Å². The Labute approximate surface area is 164 Å². The minimum Gasteiger partial charge on any atom is -0.493 e. The first kappa shape index (κ1) is 21.6. The number of carbonyl (C=O) groups excluding carboxylic acids is 1. The van der Waals surface area contributed by atoms with Crippen molar-refractivity contribution in [1.82, 2.24) is 9.62 Å². The minimum atomic E-state index is -3.91. The predicted molar refractivity (Wildman–Crippen MR) is 102 cm³/mol. The molecule has 0 aliphatic heterocycles. The van der Waals surface area contributed by atoms with E-state index in [0.29, 0.717) is 11.3 Å². The van der Waals surface area contributed by atoms with Crippen LogP contribution < -0.4 is 14.8 Å². The van der Waals surface area contributed by atoms with Gasteiger partial charge in [0.25, 0.3) is 0 Å². The number of sulfonamides is 1. The molecule has 0 heterocycles. The van der Waals surface area contributed by atoms with Crippen LogP contribution in [-0.2, 0) is 14.8 Å². The lowest BCUT2D eigenvalue weighted by molar-refractivity contribution is -0.121. The third kappa shape index (κ3) is 4.99. The summed E-state index contributed by atoms with van der Waals surface area (Å²) in [5.74, 6) is -0.187. The van der Waals surface area contributed by atoms with Gasteiger partial charge in [-0.3, -0.25) is 4.79 Å². The zero-order valence-electron chi connectivity index (χ0n) is 16.1. The lowest BCUT2D eigenvalue weighted by Crippen LogP contribution is -2.39. The molecular weight excluding hydrogens is 387 g/mol. The van der Waals surface area contributed by atoms with Gasteiger partial charge in [-0.15, -0.1) is 0 Å². The summed E-state index contributed by atoms with van der Waals surface area (Å²) in [6.07, 6.45) is 0. The maximum absolute atomic E-state index is 13.0. The summed E-state index contributed by atoms with van der Waals surface area (Å²) < 4.78 is 49.6. The van der Waals surface area contributed by atoms with Crippen molar-refractivity contribution >= 4 is 15.9 Å². The number of benzene rings is 2. The monoisotopic (exact) mass is 410 g/mol. The van der Waals surface area contributed by atoms with E-state index in [2.05, 4.69) is 5.32 Å². The summed E-state index contributed by atoms with van der Waals surface area (Å²) >= 11 is 0. The largest absolute Gasteiger partial charge is 0.493 e. The zero-order chi connectivity index (χ0) is 20.9. The van der Waals surface area contributed by atoms with Gasteiger partial charge in [0.2, 0.25) is 15.9 Å². The van der Waals surface area contributed by atoms with E-state index in [1.807, 2.05) is 0 Å². The van der Waals surface area contributed by atoms with Crippen molar-refractivity contribution < 1.29 is 27.1 Å². The van der Waals surface area contributed by atoms with E-state index >= 15 is 0 Å². The van der Waals surface area contributed by atoms with Crippen LogP contribution in [0.15, 0.2) is 47.4 Å². The van der Waals surface area contributed by atoms with Gasteiger partial charge in [0.15, 0.2) is 11.5 Å². The number of hydrogen-bond acceptors (Lipinski definition) is 5. The first-order valence-corrected chi connectivity index (χ1v) is 9.86. The normalized spacial score (nSPS) is 12.5. The van der Waals surface area contributed by atoms with Crippen LogP contribution in [0.1, 0.15) is 18.5 Å². The second-order valence-electron chi connectivity index (χ2n) is 6.12. The first-order chi connectivity index (χ1) is 13.2. The van der Waals surface area contributed by atoms with Crippen molar-refractivity contribution in [3.63, 3.8) is 0 Å². The Kier molecular flexibility index (Phi) is 6.98. The van der Waals surface area contributed by atoms with Crippen molar-refractivity contribution in [2.24, 2.45) is 0 Å². The number of halogens is 1. The lowest BCUT2D eigenvalue weighted by Gasteiger charge is -2.20. The molecule has 1 N–H and O–H groups in total. The van der Waals surface area contributed by atoms with Gasteiger partial charge in [0.05, 0.1) is 31.7 Å². The van der Waals surface area contributed by atoms with Crippen LogP contribution in [-0.4, -0.2) is 46.4 Å². The Bertz CT molecular complexity index is 932. The second-order valence-corrected chi connectivity index (χ2v) is 8.16. The highest BCUT2D eigenvalue weighted by molar-refractivity contribution is 7.89. The molecule has 1 amide bonds. The predicted octanol–water partition coefficient (Wildman–Crippen LogP) is 2.34. The number of nitrogens with one attached hydrogen (secondary N) is 1. The van der Waals surface area contributed by atoms with E-state index in [1.54, 1.807) is 19.1 Å². The van der Waals surface area contributed by atoms with Gasteiger partial charge in [-0.25, -0.2) is 12.8 Å². The van der Waals surface area contributed by atoms with Crippen LogP contribution in [0.5, 0.6) is 11.5 Å². The quantitative estimate of drug-likeness (QED) is 0.722. The van der Waals surface area contributed by atoms with E-state index < -0.39 is 22.0 Å². The molecule has 0 saturated heterocycles. The molecule has 0 fully saturated rings. The number of methoxy groups -OCH3 is 2. The molecule has 0 aromatic heterocycles. The maximum atomic E-state index is 13.0.